The first-order chi connectivity index (χ1) is 17.6. The van der Waals surface area contributed by atoms with E-state index in [2.05, 4.69) is 32.4 Å². The van der Waals surface area contributed by atoms with Crippen molar-refractivity contribution in [2.45, 2.75) is 64.1 Å². The van der Waals surface area contributed by atoms with Crippen LogP contribution in [0.1, 0.15) is 65.0 Å². The summed E-state index contributed by atoms with van der Waals surface area (Å²) in [6, 6.07) is 14.8. The summed E-state index contributed by atoms with van der Waals surface area (Å²) in [4.78, 5) is 17.4. The van der Waals surface area contributed by atoms with Gasteiger partial charge in [-0.1, -0.05) is 24.6 Å². The summed E-state index contributed by atoms with van der Waals surface area (Å²) in [6.45, 7) is 3.07. The summed E-state index contributed by atoms with van der Waals surface area (Å²) in [5.41, 5.74) is 6.27. The zero-order valence-corrected chi connectivity index (χ0v) is 21.1. The molecule has 0 unspecified atom stereocenters. The van der Waals surface area contributed by atoms with Crippen LogP contribution in [0.5, 0.6) is 0 Å². The maximum atomic E-state index is 13.8. The van der Waals surface area contributed by atoms with Crippen molar-refractivity contribution >= 4 is 11.6 Å². The molecule has 1 aliphatic carbocycles. The Morgan fingerprint density at radius 2 is 1.83 bits per heavy atom. The molecular formula is C29H36FN5O. The predicted octanol–water partition coefficient (Wildman–Crippen LogP) is 4.85. The van der Waals surface area contributed by atoms with E-state index in [-0.39, 0.29) is 18.3 Å². The Hall–Kier alpha value is -3.19. The lowest BCUT2D eigenvalue weighted by atomic mass is 10.0. The van der Waals surface area contributed by atoms with E-state index in [1.54, 1.807) is 18.2 Å². The topological polar surface area (TPSA) is 64.3 Å². The SMILES string of the molecule is CN(Cc1n[nH]c2c1CCCCC2)C1CCN(c2ccc(C(=O)NCc3ccccc3F)cc2)CC1. The number of aromatic amines is 1. The third kappa shape index (κ3) is 5.62. The summed E-state index contributed by atoms with van der Waals surface area (Å²) < 4.78 is 13.8. The Morgan fingerprint density at radius 1 is 1.08 bits per heavy atom. The summed E-state index contributed by atoms with van der Waals surface area (Å²) in [7, 11) is 2.23. The third-order valence-electron chi connectivity index (χ3n) is 7.77. The highest BCUT2D eigenvalue weighted by Crippen LogP contribution is 2.26. The van der Waals surface area contributed by atoms with E-state index in [9.17, 15) is 9.18 Å². The maximum absolute atomic E-state index is 13.8. The first kappa shape index (κ1) is 24.5. The maximum Gasteiger partial charge on any atom is 0.251 e. The Balaban J connectivity index is 1.11. The fourth-order valence-electron chi connectivity index (χ4n) is 5.53. The van der Waals surface area contributed by atoms with Crippen molar-refractivity contribution < 1.29 is 9.18 Å². The molecule has 0 spiro atoms. The molecule has 1 aliphatic heterocycles. The summed E-state index contributed by atoms with van der Waals surface area (Å²) in [6.07, 6.45) is 8.36. The zero-order valence-electron chi connectivity index (χ0n) is 21.1. The molecule has 190 valence electrons. The highest BCUT2D eigenvalue weighted by Gasteiger charge is 2.25. The van der Waals surface area contributed by atoms with Crippen molar-refractivity contribution in [1.29, 1.82) is 0 Å². The minimum atomic E-state index is -0.304. The number of amides is 1. The Kier molecular flexibility index (Phi) is 7.66. The van der Waals surface area contributed by atoms with Gasteiger partial charge in [0.1, 0.15) is 5.82 Å². The van der Waals surface area contributed by atoms with Crippen molar-refractivity contribution in [2.75, 3.05) is 25.0 Å². The van der Waals surface area contributed by atoms with Crippen LogP contribution in [0.4, 0.5) is 10.1 Å². The molecule has 0 atom stereocenters. The molecule has 2 aromatic carbocycles. The molecule has 2 N–H and O–H groups in total. The van der Waals surface area contributed by atoms with Gasteiger partial charge in [-0.2, -0.15) is 5.10 Å². The number of piperidine rings is 1. The summed E-state index contributed by atoms with van der Waals surface area (Å²) >= 11 is 0. The number of aryl methyl sites for hydroxylation is 1. The van der Waals surface area contributed by atoms with Gasteiger partial charge in [0.25, 0.3) is 5.91 Å². The summed E-state index contributed by atoms with van der Waals surface area (Å²) in [5, 5.41) is 10.8. The molecule has 1 fully saturated rings. The van der Waals surface area contributed by atoms with Crippen molar-refractivity contribution in [2.24, 2.45) is 0 Å². The highest BCUT2D eigenvalue weighted by atomic mass is 19.1. The summed E-state index contributed by atoms with van der Waals surface area (Å²) in [5.74, 6) is -0.497. The van der Waals surface area contributed by atoms with Crippen LogP contribution in [0.15, 0.2) is 48.5 Å². The van der Waals surface area contributed by atoms with Crippen molar-refractivity contribution in [1.82, 2.24) is 20.4 Å². The first-order valence-electron chi connectivity index (χ1n) is 13.2. The van der Waals surface area contributed by atoms with Crippen LogP contribution in [0.2, 0.25) is 0 Å². The number of hydrogen-bond acceptors (Lipinski definition) is 4. The van der Waals surface area contributed by atoms with Crippen molar-refractivity contribution in [3.05, 3.63) is 82.4 Å². The number of fused-ring (bicyclic) bond motifs is 1. The average molecular weight is 490 g/mol. The number of aromatic nitrogens is 2. The largest absolute Gasteiger partial charge is 0.371 e. The smallest absolute Gasteiger partial charge is 0.251 e. The molecule has 7 heteroatoms. The number of halogens is 1. The van der Waals surface area contributed by atoms with Crippen LogP contribution in [-0.2, 0) is 25.9 Å². The Labute approximate surface area is 212 Å². The number of H-pyrrole nitrogens is 1. The van der Waals surface area contributed by atoms with Gasteiger partial charge in [-0.3, -0.25) is 14.8 Å². The zero-order chi connectivity index (χ0) is 24.9. The molecule has 36 heavy (non-hydrogen) atoms. The molecule has 0 saturated carbocycles. The monoisotopic (exact) mass is 489 g/mol. The fourth-order valence-corrected chi connectivity index (χ4v) is 5.53. The van der Waals surface area contributed by atoms with Crippen LogP contribution < -0.4 is 10.2 Å². The number of carbonyl (C=O) groups excluding carboxylic acids is 1. The van der Waals surface area contributed by atoms with Crippen LogP contribution in [0.25, 0.3) is 0 Å². The molecule has 2 heterocycles. The van der Waals surface area contributed by atoms with Gasteiger partial charge in [0.05, 0.1) is 5.69 Å². The minimum Gasteiger partial charge on any atom is -0.371 e. The molecule has 1 aromatic heterocycles. The van der Waals surface area contributed by atoms with Gasteiger partial charge < -0.3 is 10.2 Å². The molecular weight excluding hydrogens is 453 g/mol. The number of nitrogens with one attached hydrogen (secondary N) is 2. The Morgan fingerprint density at radius 3 is 2.61 bits per heavy atom. The lowest BCUT2D eigenvalue weighted by Crippen LogP contribution is -2.43. The van der Waals surface area contributed by atoms with Gasteiger partial charge in [0.15, 0.2) is 0 Å². The van der Waals surface area contributed by atoms with Crippen molar-refractivity contribution in [3.63, 3.8) is 0 Å². The Bertz CT molecular complexity index is 1170. The number of benzene rings is 2. The van der Waals surface area contributed by atoms with Gasteiger partial charge in [-0.15, -0.1) is 0 Å². The van der Waals surface area contributed by atoms with E-state index in [1.165, 1.54) is 42.3 Å². The molecule has 0 radical (unpaired) electrons. The van der Waals surface area contributed by atoms with Gasteiger partial charge in [0, 0.05) is 54.7 Å². The van der Waals surface area contributed by atoms with Crippen molar-refractivity contribution in [3.8, 4) is 0 Å². The normalized spacial score (nSPS) is 16.6. The van der Waals surface area contributed by atoms with E-state index in [1.807, 2.05) is 24.3 Å². The second-order valence-corrected chi connectivity index (χ2v) is 10.1. The van der Waals surface area contributed by atoms with Crippen LogP contribution in [0, 0.1) is 5.82 Å². The van der Waals surface area contributed by atoms with E-state index in [0.717, 1.165) is 51.0 Å². The van der Waals surface area contributed by atoms with Gasteiger partial charge in [-0.25, -0.2) is 4.39 Å². The molecule has 5 rings (SSSR count). The molecule has 2 aliphatic rings. The number of rotatable bonds is 7. The molecule has 0 bridgehead atoms. The molecule has 1 saturated heterocycles. The number of nitrogens with zero attached hydrogens (tertiary/aromatic N) is 3. The molecule has 6 nitrogen and oxygen atoms in total. The number of carbonyl (C=O) groups is 1. The van der Waals surface area contributed by atoms with Crippen LogP contribution in [0.3, 0.4) is 0 Å². The first-order valence-corrected chi connectivity index (χ1v) is 13.2. The molecule has 3 aromatic rings. The van der Waals surface area contributed by atoms with Gasteiger partial charge in [-0.05, 0) is 81.5 Å². The second kappa shape index (κ2) is 11.2. The second-order valence-electron chi connectivity index (χ2n) is 10.1. The third-order valence-corrected chi connectivity index (χ3v) is 7.77. The van der Waals surface area contributed by atoms with Gasteiger partial charge in [0.2, 0.25) is 0 Å². The average Bonchev–Trinajstić information content (AvgIpc) is 3.13. The van der Waals surface area contributed by atoms with Gasteiger partial charge >= 0.3 is 0 Å². The lowest BCUT2D eigenvalue weighted by molar-refractivity contribution is 0.0950. The van der Waals surface area contributed by atoms with Crippen LogP contribution >= 0.6 is 0 Å². The standard InChI is InChI=1S/C29H36FN5O/c1-34(20-28-25-8-3-2-4-10-27(25)32-33-28)23-15-17-35(18-16-23)24-13-11-21(12-14-24)29(36)31-19-22-7-5-6-9-26(22)30/h5-7,9,11-14,23H,2-4,8,10,15-20H2,1H3,(H,31,36)(H,32,33). The number of anilines is 1. The van der Waals surface area contributed by atoms with E-state index < -0.39 is 0 Å². The minimum absolute atomic E-state index is 0.176. The fraction of sp³-hybridized carbons (Fsp3) is 0.448. The van der Waals surface area contributed by atoms with E-state index in [4.69, 9.17) is 0 Å². The quantitative estimate of drug-likeness (QED) is 0.466. The van der Waals surface area contributed by atoms with E-state index >= 15 is 0 Å². The van der Waals surface area contributed by atoms with Crippen LogP contribution in [-0.4, -0.2) is 47.2 Å². The lowest BCUT2D eigenvalue weighted by Gasteiger charge is -2.37. The van der Waals surface area contributed by atoms with E-state index in [0.29, 0.717) is 17.2 Å². The predicted molar refractivity (Wildman–Crippen MR) is 141 cm³/mol. The number of hydrogen-bond donors (Lipinski definition) is 2. The highest BCUT2D eigenvalue weighted by molar-refractivity contribution is 5.94. The molecule has 1 amide bonds.